The van der Waals surface area contributed by atoms with Gasteiger partial charge < -0.3 is 41.2 Å². The van der Waals surface area contributed by atoms with Gasteiger partial charge in [0, 0.05) is 22.7 Å². The van der Waals surface area contributed by atoms with Crippen molar-refractivity contribution >= 4 is 81.3 Å². The van der Waals surface area contributed by atoms with Crippen molar-refractivity contribution in [1.29, 1.82) is 0 Å². The molecular weight excluding hydrogens is 472 g/mol. The van der Waals surface area contributed by atoms with Crippen LogP contribution < -0.4 is 21.3 Å². The molecule has 0 aliphatic carbocycles. The smallest absolute Gasteiger partial charge is 0.323 e. The summed E-state index contributed by atoms with van der Waals surface area (Å²) < 4.78 is 1.04. The quantitative estimate of drug-likeness (QED) is 0.145. The number of carbonyl (C=O) groups excluding carboxylic acids is 2. The topological polar surface area (TPSA) is 145 Å². The number of carbonyl (C=O) groups is 2. The van der Waals surface area contributed by atoms with Crippen molar-refractivity contribution in [2.45, 2.75) is 0 Å². The van der Waals surface area contributed by atoms with E-state index in [1.165, 1.54) is 0 Å². The number of imidazole rings is 2. The van der Waals surface area contributed by atoms with Crippen molar-refractivity contribution in [2.75, 3.05) is 21.3 Å². The third kappa shape index (κ3) is 4.82. The minimum absolute atomic E-state index is 0.397. The van der Waals surface area contributed by atoms with Gasteiger partial charge >= 0.3 is 12.1 Å². The average molecular weight is 491 g/mol. The summed E-state index contributed by atoms with van der Waals surface area (Å²) in [7, 11) is 0. The van der Waals surface area contributed by atoms with Crippen molar-refractivity contribution in [1.82, 2.24) is 19.9 Å². The third-order valence-electron chi connectivity index (χ3n) is 4.95. The van der Waals surface area contributed by atoms with Crippen LogP contribution in [0.15, 0.2) is 60.7 Å². The predicted octanol–water partition coefficient (Wildman–Crippen LogP) is 6.05. The molecule has 5 rings (SSSR count). The molecule has 3 aromatic carbocycles. The highest BCUT2D eigenvalue weighted by atomic mass is 32.1. The normalized spacial score (nSPS) is 10.8. The van der Waals surface area contributed by atoms with Gasteiger partial charge in [-0.15, -0.1) is 0 Å². The molecule has 2 aromatic heterocycles. The Morgan fingerprint density at radius 3 is 1.24 bits per heavy atom. The van der Waals surface area contributed by atoms with Crippen LogP contribution in [0.2, 0.25) is 0 Å². The Bertz CT molecular complexity index is 1520. The highest BCUT2D eigenvalue weighted by molar-refractivity contribution is 7.71. The number of anilines is 4. The largest absolute Gasteiger partial charge is 0.331 e. The zero-order valence-corrected chi connectivity index (χ0v) is 19.0. The Labute approximate surface area is 202 Å². The van der Waals surface area contributed by atoms with E-state index in [-0.39, 0.29) is 0 Å². The first kappa shape index (κ1) is 21.4. The third-order valence-corrected chi connectivity index (χ3v) is 5.36. The van der Waals surface area contributed by atoms with Crippen LogP contribution >= 0.6 is 24.4 Å². The number of rotatable bonds is 4. The van der Waals surface area contributed by atoms with Gasteiger partial charge in [-0.2, -0.15) is 0 Å². The number of aromatic nitrogens is 4. The van der Waals surface area contributed by atoms with Gasteiger partial charge in [0.15, 0.2) is 9.54 Å². The van der Waals surface area contributed by atoms with E-state index in [1.807, 2.05) is 12.1 Å². The highest BCUT2D eigenvalue weighted by Crippen LogP contribution is 2.19. The summed E-state index contributed by atoms with van der Waals surface area (Å²) >= 11 is 10.1. The fraction of sp³-hybridized carbons (Fsp3) is 0. The van der Waals surface area contributed by atoms with Gasteiger partial charge in [-0.1, -0.05) is 0 Å². The molecule has 4 amide bonds. The number of amides is 4. The molecule has 0 unspecified atom stereocenters. The molecule has 12 heteroatoms. The van der Waals surface area contributed by atoms with E-state index in [9.17, 15) is 9.59 Å². The summed E-state index contributed by atoms with van der Waals surface area (Å²) in [6.07, 6.45) is 0. The van der Waals surface area contributed by atoms with E-state index in [0.29, 0.717) is 32.3 Å². The van der Waals surface area contributed by atoms with E-state index in [0.717, 1.165) is 22.1 Å². The lowest BCUT2D eigenvalue weighted by atomic mass is 10.2. The van der Waals surface area contributed by atoms with E-state index < -0.39 is 12.1 Å². The standard InChI is InChI=1S/C22H18N8O2S2/c31-19(25-13-5-7-15-17(9-13)29-21(33)27-15)23-11-1-2-12(4-3-11)24-20(32)26-14-6-8-16-18(10-14)30-22(34)28-16/h1-10H,(H2,23,25,31)(H2,24,26,32)(H2,27,29,33)(H2,28,30,34). The van der Waals surface area contributed by atoms with Crippen molar-refractivity contribution in [3.05, 3.63) is 70.2 Å². The summed E-state index contributed by atoms with van der Waals surface area (Å²) in [4.78, 5) is 36.7. The SMILES string of the molecule is O=C(Nc1ccc(NC(=O)Nc2ccc3[nH]c(=S)[nH]c3c2)cc1)Nc1ccc2[nH]c(=S)[nH]c2c1. The van der Waals surface area contributed by atoms with Crippen molar-refractivity contribution in [3.8, 4) is 0 Å². The second kappa shape index (κ2) is 8.84. The maximum Gasteiger partial charge on any atom is 0.323 e. The van der Waals surface area contributed by atoms with Crippen LogP contribution in [0.3, 0.4) is 0 Å². The molecule has 2 heterocycles. The van der Waals surface area contributed by atoms with Gasteiger partial charge in [0.05, 0.1) is 22.1 Å². The first-order valence-corrected chi connectivity index (χ1v) is 10.9. The highest BCUT2D eigenvalue weighted by Gasteiger charge is 2.07. The van der Waals surface area contributed by atoms with Crippen LogP contribution in [0, 0.1) is 9.54 Å². The number of urea groups is 2. The number of hydrogen-bond acceptors (Lipinski definition) is 4. The fourth-order valence-electron chi connectivity index (χ4n) is 3.44. The molecule has 8 N–H and O–H groups in total. The van der Waals surface area contributed by atoms with Gasteiger partial charge in [-0.3, -0.25) is 0 Å². The van der Waals surface area contributed by atoms with Crippen molar-refractivity contribution in [2.24, 2.45) is 0 Å². The summed E-state index contributed by atoms with van der Waals surface area (Å²) in [5.41, 5.74) is 5.68. The van der Waals surface area contributed by atoms with E-state index in [4.69, 9.17) is 24.4 Å². The second-order valence-electron chi connectivity index (χ2n) is 7.41. The molecule has 0 saturated carbocycles. The molecule has 0 spiro atoms. The van der Waals surface area contributed by atoms with Crippen LogP contribution in [-0.2, 0) is 0 Å². The minimum Gasteiger partial charge on any atom is -0.331 e. The van der Waals surface area contributed by atoms with E-state index >= 15 is 0 Å². The van der Waals surface area contributed by atoms with Gasteiger partial charge in [0.25, 0.3) is 0 Å². The molecule has 0 aliphatic heterocycles. The molecule has 0 saturated heterocycles. The first-order chi connectivity index (χ1) is 16.4. The summed E-state index contributed by atoms with van der Waals surface area (Å²) in [5.74, 6) is 0. The Hall–Kier alpha value is -4.42. The van der Waals surface area contributed by atoms with Gasteiger partial charge in [-0.25, -0.2) is 9.59 Å². The Morgan fingerprint density at radius 1 is 0.500 bits per heavy atom. The van der Waals surface area contributed by atoms with Crippen molar-refractivity contribution in [3.63, 3.8) is 0 Å². The molecule has 0 radical (unpaired) electrons. The fourth-order valence-corrected chi connectivity index (χ4v) is 3.88. The zero-order valence-electron chi connectivity index (χ0n) is 17.4. The number of H-pyrrole nitrogens is 4. The van der Waals surface area contributed by atoms with Crippen LogP contribution in [0.4, 0.5) is 32.3 Å². The Morgan fingerprint density at radius 2 is 0.824 bits per heavy atom. The molecule has 5 aromatic rings. The predicted molar refractivity (Wildman–Crippen MR) is 139 cm³/mol. The molecule has 0 atom stereocenters. The Kier molecular flexibility index (Phi) is 5.57. The molecule has 10 nitrogen and oxygen atoms in total. The number of nitrogens with one attached hydrogen (secondary N) is 8. The van der Waals surface area contributed by atoms with Gasteiger partial charge in [0.2, 0.25) is 0 Å². The van der Waals surface area contributed by atoms with Crippen LogP contribution in [0.1, 0.15) is 0 Å². The lowest BCUT2D eigenvalue weighted by Gasteiger charge is -2.10. The molecule has 0 fully saturated rings. The maximum absolute atomic E-state index is 12.3. The van der Waals surface area contributed by atoms with E-state index in [2.05, 4.69) is 41.2 Å². The zero-order chi connectivity index (χ0) is 23.7. The minimum atomic E-state index is -0.397. The molecule has 0 bridgehead atoms. The van der Waals surface area contributed by atoms with Gasteiger partial charge in [0.1, 0.15) is 0 Å². The summed E-state index contributed by atoms with van der Waals surface area (Å²) in [5, 5.41) is 11.0. The second-order valence-corrected chi connectivity index (χ2v) is 8.23. The number of benzene rings is 3. The van der Waals surface area contributed by atoms with Crippen molar-refractivity contribution < 1.29 is 9.59 Å². The number of fused-ring (bicyclic) bond motifs is 2. The van der Waals surface area contributed by atoms with Crippen LogP contribution in [-0.4, -0.2) is 32.0 Å². The van der Waals surface area contributed by atoms with Crippen LogP contribution in [0.5, 0.6) is 0 Å². The molecule has 0 aliphatic rings. The summed E-state index contributed by atoms with van der Waals surface area (Å²) in [6, 6.07) is 16.7. The van der Waals surface area contributed by atoms with Crippen LogP contribution in [0.25, 0.3) is 22.1 Å². The van der Waals surface area contributed by atoms with Gasteiger partial charge in [-0.05, 0) is 85.1 Å². The lowest BCUT2D eigenvalue weighted by molar-refractivity contribution is 0.261. The monoisotopic (exact) mass is 490 g/mol. The molecule has 34 heavy (non-hydrogen) atoms. The number of hydrogen-bond donors (Lipinski definition) is 8. The molecular formula is C22H18N8O2S2. The molecule has 170 valence electrons. The number of aromatic amines is 4. The first-order valence-electron chi connectivity index (χ1n) is 10.1. The van der Waals surface area contributed by atoms with E-state index in [1.54, 1.807) is 48.5 Å². The average Bonchev–Trinajstić information content (AvgIpc) is 3.34. The lowest BCUT2D eigenvalue weighted by Crippen LogP contribution is -2.20. The summed E-state index contributed by atoms with van der Waals surface area (Å²) in [6.45, 7) is 0. The maximum atomic E-state index is 12.3. The Balaban J connectivity index is 1.17.